The minimum Gasteiger partial charge on any atom is -0.870 e. The molecule has 2 atom stereocenters. The number of methoxy groups -OCH3 is 2. The van der Waals surface area contributed by atoms with Crippen molar-refractivity contribution in [3.05, 3.63) is 111 Å². The number of aromatic amines is 1. The molecule has 13 heteroatoms. The lowest BCUT2D eigenvalue weighted by Gasteiger charge is -2.44. The molecule has 3 aliphatic rings. The Morgan fingerprint density at radius 3 is 2.28 bits per heavy atom. The molecule has 2 bridgehead atoms. The van der Waals surface area contributed by atoms with Gasteiger partial charge in [0.15, 0.2) is 23.9 Å². The topological polar surface area (TPSA) is 142 Å². The van der Waals surface area contributed by atoms with Gasteiger partial charge in [0.1, 0.15) is 28.0 Å². The molecule has 3 N–H and O–H groups in total. The van der Waals surface area contributed by atoms with Gasteiger partial charge < -0.3 is 29.5 Å². The Hall–Kier alpha value is -4.55. The molecule has 0 saturated carbocycles. The highest BCUT2D eigenvalue weighted by Crippen LogP contribution is 2.36. The molecule has 3 aliphatic heterocycles. The number of fused-ring (bicyclic) bond motifs is 3. The quantitative estimate of drug-likeness (QED) is 0.167. The Morgan fingerprint density at radius 2 is 1.66 bits per heavy atom. The third-order valence-electron chi connectivity index (χ3n) is 9.16. The van der Waals surface area contributed by atoms with Crippen molar-refractivity contribution < 1.29 is 44.1 Å². The number of ether oxygens (including phenoxy) is 4. The molecule has 0 radical (unpaired) electrons. The van der Waals surface area contributed by atoms with Crippen molar-refractivity contribution in [3.63, 3.8) is 0 Å². The van der Waals surface area contributed by atoms with Crippen LogP contribution in [0.5, 0.6) is 17.2 Å². The number of pyridine rings is 1. The zero-order valence-electron chi connectivity index (χ0n) is 27.7. The molecule has 11 nitrogen and oxygen atoms in total. The van der Waals surface area contributed by atoms with Crippen LogP contribution < -0.4 is 19.4 Å². The molecule has 0 aliphatic carbocycles. The molecule has 4 heterocycles. The summed E-state index contributed by atoms with van der Waals surface area (Å²) in [6, 6.07) is 18.6. The molecular formula is C37H39Cl2N3O8. The number of amides is 1. The highest BCUT2D eigenvalue weighted by molar-refractivity contribution is 6.35. The standard InChI is InChI=1S/C37H37Cl2N3O7.H2O/c1-46-32-11-10-26(16-34(32)47-2)33(18-29-30(38)19-40-20-31(29)39)48-36(44)25-8-6-23(7-9-25)21-42(27-4-3-5-28(43)17-27)37(45)49-35-22-41-14-12-24(35)13-15-41;/h3-11,16-17,19-20,24,33,35,43H,12-15,18,21-22H2,1-2H3;1H2/t33-,35-;/m0./s1. The number of anilines is 1. The van der Waals surface area contributed by atoms with E-state index in [1.54, 1.807) is 80.2 Å². The van der Waals surface area contributed by atoms with Crippen LogP contribution in [0.4, 0.5) is 10.5 Å². The second kappa shape index (κ2) is 16.4. The van der Waals surface area contributed by atoms with Crippen molar-refractivity contribution in [2.75, 3.05) is 38.8 Å². The second-order valence-corrected chi connectivity index (χ2v) is 13.0. The molecule has 3 saturated heterocycles. The molecule has 3 fully saturated rings. The first-order valence-electron chi connectivity index (χ1n) is 16.1. The van der Waals surface area contributed by atoms with Crippen LogP contribution in [0, 0.1) is 5.92 Å². The van der Waals surface area contributed by atoms with Gasteiger partial charge in [-0.3, -0.25) is 9.80 Å². The number of carbonyl (C=O) groups excluding carboxylic acids is 2. The summed E-state index contributed by atoms with van der Waals surface area (Å²) in [7, 11) is 3.08. The Morgan fingerprint density at radius 1 is 0.960 bits per heavy atom. The summed E-state index contributed by atoms with van der Waals surface area (Å²) in [5.74, 6) is 0.835. The van der Waals surface area contributed by atoms with Gasteiger partial charge in [-0.2, -0.15) is 0 Å². The number of rotatable bonds is 11. The molecule has 0 unspecified atom stereocenters. The third kappa shape index (κ3) is 8.42. The van der Waals surface area contributed by atoms with Gasteiger partial charge in [0.05, 0.1) is 32.0 Å². The average molecular weight is 725 g/mol. The van der Waals surface area contributed by atoms with E-state index in [-0.39, 0.29) is 30.3 Å². The highest BCUT2D eigenvalue weighted by Gasteiger charge is 2.37. The minimum absolute atomic E-state index is 0. The van der Waals surface area contributed by atoms with E-state index < -0.39 is 18.2 Å². The number of aromatic hydroxyl groups is 1. The number of hydrogen-bond donors (Lipinski definition) is 1. The van der Waals surface area contributed by atoms with Crippen LogP contribution in [0.2, 0.25) is 10.0 Å². The van der Waals surface area contributed by atoms with Crippen molar-refractivity contribution in [2.45, 2.75) is 38.0 Å². The second-order valence-electron chi connectivity index (χ2n) is 12.2. The number of hydrogen-bond acceptors (Lipinski definition) is 9. The zero-order valence-corrected chi connectivity index (χ0v) is 29.2. The number of phenolic OH excluding ortho intramolecular Hbond substituents is 1. The van der Waals surface area contributed by atoms with Crippen molar-refractivity contribution in [1.82, 2.24) is 4.90 Å². The number of aromatic nitrogens is 1. The van der Waals surface area contributed by atoms with Crippen LogP contribution in [0.25, 0.3) is 0 Å². The summed E-state index contributed by atoms with van der Waals surface area (Å²) in [5.41, 5.74) is 2.84. The normalized spacial score (nSPS) is 18.4. The van der Waals surface area contributed by atoms with Crippen LogP contribution in [-0.4, -0.2) is 67.5 Å². The predicted octanol–water partition coefficient (Wildman–Crippen LogP) is 6.73. The van der Waals surface area contributed by atoms with Crippen molar-refractivity contribution >= 4 is 41.0 Å². The fourth-order valence-corrected chi connectivity index (χ4v) is 6.96. The third-order valence-corrected chi connectivity index (χ3v) is 9.83. The van der Waals surface area contributed by atoms with Gasteiger partial charge >= 0.3 is 12.1 Å². The van der Waals surface area contributed by atoms with E-state index in [2.05, 4.69) is 9.88 Å². The number of nitrogens with one attached hydrogen (secondary N) is 1. The summed E-state index contributed by atoms with van der Waals surface area (Å²) in [6.45, 7) is 2.96. The first-order chi connectivity index (χ1) is 23.7. The number of piperidine rings is 3. The minimum atomic E-state index is -0.771. The number of nitrogens with zero attached hydrogens (tertiary/aromatic N) is 2. The van der Waals surface area contributed by atoms with Crippen molar-refractivity contribution in [3.8, 4) is 17.2 Å². The van der Waals surface area contributed by atoms with Gasteiger partial charge in [-0.05, 0) is 79.4 Å². The summed E-state index contributed by atoms with van der Waals surface area (Å²) in [6.07, 6.45) is 4.02. The number of carbonyl (C=O) groups is 2. The molecule has 3 aromatic carbocycles. The molecule has 4 aromatic rings. The number of phenols is 1. The van der Waals surface area contributed by atoms with E-state index in [1.165, 1.54) is 18.1 Å². The summed E-state index contributed by atoms with van der Waals surface area (Å²) in [4.78, 5) is 33.9. The van der Waals surface area contributed by atoms with E-state index in [9.17, 15) is 14.7 Å². The van der Waals surface area contributed by atoms with E-state index in [1.807, 2.05) is 0 Å². The van der Waals surface area contributed by atoms with Gasteiger partial charge in [0.2, 0.25) is 0 Å². The largest absolute Gasteiger partial charge is 0.870 e. The lowest BCUT2D eigenvalue weighted by molar-refractivity contribution is -0.377. The monoisotopic (exact) mass is 723 g/mol. The predicted molar refractivity (Wildman–Crippen MR) is 187 cm³/mol. The van der Waals surface area contributed by atoms with Gasteiger partial charge in [-0.25, -0.2) is 14.6 Å². The molecule has 0 spiro atoms. The highest BCUT2D eigenvalue weighted by atomic mass is 35.5. The van der Waals surface area contributed by atoms with Crippen LogP contribution >= 0.6 is 23.2 Å². The van der Waals surface area contributed by atoms with Crippen molar-refractivity contribution in [2.24, 2.45) is 5.92 Å². The van der Waals surface area contributed by atoms with Gasteiger partial charge in [-0.1, -0.05) is 47.5 Å². The first-order valence-corrected chi connectivity index (χ1v) is 16.8. The number of halogens is 2. The van der Waals surface area contributed by atoms with E-state index in [0.717, 1.165) is 38.0 Å². The fourth-order valence-electron chi connectivity index (χ4n) is 6.42. The molecule has 264 valence electrons. The Bertz CT molecular complexity index is 1780. The van der Waals surface area contributed by atoms with Crippen LogP contribution in [0.3, 0.4) is 0 Å². The fraction of sp³-hybridized carbons (Fsp3) is 0.324. The maximum absolute atomic E-state index is 13.6. The lowest BCUT2D eigenvalue weighted by atomic mass is 9.86. The summed E-state index contributed by atoms with van der Waals surface area (Å²) >= 11 is 12.9. The SMILES string of the molecule is COc1ccc([C@H](Cc2c(Cl)c[nH+]cc2Cl)OC(=O)c2ccc(CN(C(=O)O[C@H]3CN4CCC3CC4)c3cccc(O)c3)cc2)cc1OC.[OH-]. The molecule has 7 rings (SSSR count). The maximum Gasteiger partial charge on any atom is 0.414 e. The summed E-state index contributed by atoms with van der Waals surface area (Å²) < 4.78 is 23.0. The summed E-state index contributed by atoms with van der Waals surface area (Å²) in [5, 5.41) is 11.0. The molecule has 1 aromatic heterocycles. The molecule has 1 amide bonds. The van der Waals surface area contributed by atoms with E-state index in [0.29, 0.717) is 49.8 Å². The van der Waals surface area contributed by atoms with E-state index in [4.69, 9.17) is 42.1 Å². The van der Waals surface area contributed by atoms with Gasteiger partial charge in [0, 0.05) is 24.6 Å². The van der Waals surface area contributed by atoms with Gasteiger partial charge in [-0.15, -0.1) is 0 Å². The van der Waals surface area contributed by atoms with Crippen LogP contribution in [0.1, 0.15) is 46.0 Å². The number of esters is 1. The number of H-pyrrole nitrogens is 1. The van der Waals surface area contributed by atoms with Crippen LogP contribution in [-0.2, 0) is 22.4 Å². The molecule has 50 heavy (non-hydrogen) atoms. The Kier molecular flexibility index (Phi) is 12.1. The maximum atomic E-state index is 13.6. The average Bonchev–Trinajstić information content (AvgIpc) is 3.12. The number of benzene rings is 3. The van der Waals surface area contributed by atoms with E-state index >= 15 is 0 Å². The Labute approximate surface area is 300 Å². The first kappa shape index (κ1) is 36.7. The Balaban J connectivity index is 0.00000486. The zero-order chi connectivity index (χ0) is 34.5. The van der Waals surface area contributed by atoms with Crippen molar-refractivity contribution in [1.29, 1.82) is 0 Å². The lowest BCUT2D eigenvalue weighted by Crippen LogP contribution is -2.53. The molecular weight excluding hydrogens is 685 g/mol. The smallest absolute Gasteiger partial charge is 0.414 e. The van der Waals surface area contributed by atoms with Gasteiger partial charge in [0.25, 0.3) is 0 Å². The van der Waals surface area contributed by atoms with Crippen LogP contribution in [0.15, 0.2) is 79.1 Å².